The summed E-state index contributed by atoms with van der Waals surface area (Å²) in [4.78, 5) is 4.63. The summed E-state index contributed by atoms with van der Waals surface area (Å²) in [6.07, 6.45) is -5.07. The Balaban J connectivity index is 1.81. The number of benzene rings is 2. The van der Waals surface area contributed by atoms with E-state index < -0.39 is 37.3 Å². The number of hydrogen-bond donors (Lipinski definition) is 5. The van der Waals surface area contributed by atoms with Crippen molar-refractivity contribution in [1.82, 2.24) is 4.98 Å². The molecule has 0 amide bonds. The van der Waals surface area contributed by atoms with E-state index in [0.717, 1.165) is 21.8 Å². The van der Waals surface area contributed by atoms with E-state index in [1.807, 2.05) is 48.5 Å². The maximum atomic E-state index is 10.4. The number of nitrogens with zero attached hydrogens (tertiary/aromatic N) is 1. The van der Waals surface area contributed by atoms with Crippen LogP contribution in [0.3, 0.4) is 0 Å². The molecular weight excluding hydrogens is 336 g/mol. The second-order valence-corrected chi connectivity index (χ2v) is 6.42. The fourth-order valence-electron chi connectivity index (χ4n) is 3.42. The first kappa shape index (κ1) is 17.1. The van der Waals surface area contributed by atoms with Crippen molar-refractivity contribution in [2.24, 2.45) is 0 Å². The number of aliphatic hydroxyl groups is 4. The van der Waals surface area contributed by atoms with Gasteiger partial charge in [0.2, 0.25) is 0 Å². The molecular formula is C19H20N2O5. The van der Waals surface area contributed by atoms with Crippen LogP contribution in [0.25, 0.3) is 21.8 Å². The minimum atomic E-state index is -1.39. The Morgan fingerprint density at radius 3 is 2.04 bits per heavy atom. The lowest BCUT2D eigenvalue weighted by molar-refractivity contribution is -0.245. The van der Waals surface area contributed by atoms with E-state index in [0.29, 0.717) is 5.69 Å². The van der Waals surface area contributed by atoms with E-state index in [2.05, 4.69) is 10.3 Å². The molecule has 26 heavy (non-hydrogen) atoms. The number of aromatic nitrogens is 1. The van der Waals surface area contributed by atoms with E-state index >= 15 is 0 Å². The molecule has 7 nitrogen and oxygen atoms in total. The van der Waals surface area contributed by atoms with E-state index in [1.54, 1.807) is 0 Å². The Morgan fingerprint density at radius 2 is 1.46 bits per heavy atom. The lowest BCUT2D eigenvalue weighted by Gasteiger charge is -2.41. The molecule has 0 bridgehead atoms. The number of nitrogens with one attached hydrogen (secondary N) is 1. The lowest BCUT2D eigenvalue weighted by Crippen LogP contribution is -2.61. The molecule has 0 radical (unpaired) electrons. The van der Waals surface area contributed by atoms with Crippen molar-refractivity contribution >= 4 is 27.5 Å². The molecule has 136 valence electrons. The van der Waals surface area contributed by atoms with Crippen molar-refractivity contribution in [3.8, 4) is 0 Å². The molecule has 1 aliphatic heterocycles. The summed E-state index contributed by atoms with van der Waals surface area (Å²) in [6.45, 7) is -0.497. The molecule has 5 atom stereocenters. The number of rotatable bonds is 3. The number of para-hydroxylation sites is 2. The highest BCUT2D eigenvalue weighted by molar-refractivity contribution is 6.07. The summed E-state index contributed by atoms with van der Waals surface area (Å²) < 4.78 is 5.24. The molecule has 0 saturated carbocycles. The number of aliphatic hydroxyl groups excluding tert-OH is 4. The maximum absolute atomic E-state index is 10.4. The van der Waals surface area contributed by atoms with Crippen molar-refractivity contribution < 1.29 is 25.2 Å². The van der Waals surface area contributed by atoms with Crippen molar-refractivity contribution in [2.75, 3.05) is 11.9 Å². The summed E-state index contributed by atoms with van der Waals surface area (Å²) in [6, 6.07) is 14.1. The first-order chi connectivity index (χ1) is 12.6. The van der Waals surface area contributed by atoms with E-state index in [9.17, 15) is 20.4 Å². The van der Waals surface area contributed by atoms with Gasteiger partial charge in [0.1, 0.15) is 24.4 Å². The highest BCUT2D eigenvalue weighted by atomic mass is 16.6. The summed E-state index contributed by atoms with van der Waals surface area (Å²) in [5.74, 6) is 0. The van der Waals surface area contributed by atoms with Gasteiger partial charge in [-0.05, 0) is 12.1 Å². The second-order valence-electron chi connectivity index (χ2n) is 6.42. The van der Waals surface area contributed by atoms with Crippen LogP contribution >= 0.6 is 0 Å². The Bertz CT molecular complexity index is 880. The molecule has 2 aromatic carbocycles. The average Bonchev–Trinajstić information content (AvgIpc) is 2.67. The standard InChI is InChI=1S/C19H20N2O5/c22-9-14-17(23)18(24)16(19(25)26-14)21-15-10-5-1-3-7-12(10)20-13-8-4-2-6-11(13)15/h1-8,14,16-19,22-25H,9H2,(H,20,21)/t14-,16+,17+,18+,19-/m0/s1. The van der Waals surface area contributed by atoms with E-state index in [-0.39, 0.29) is 0 Å². The zero-order chi connectivity index (χ0) is 18.3. The predicted molar refractivity (Wildman–Crippen MR) is 96.6 cm³/mol. The van der Waals surface area contributed by atoms with Gasteiger partial charge in [-0.1, -0.05) is 36.4 Å². The van der Waals surface area contributed by atoms with Gasteiger partial charge in [-0.15, -0.1) is 0 Å². The largest absolute Gasteiger partial charge is 0.394 e. The van der Waals surface area contributed by atoms with E-state index in [1.165, 1.54) is 0 Å². The minimum absolute atomic E-state index is 0.497. The number of anilines is 1. The molecule has 0 unspecified atom stereocenters. The molecule has 2 heterocycles. The molecule has 1 aromatic heterocycles. The van der Waals surface area contributed by atoms with Crippen molar-refractivity contribution in [2.45, 2.75) is 30.6 Å². The number of hydrogen-bond acceptors (Lipinski definition) is 7. The monoisotopic (exact) mass is 356 g/mol. The van der Waals surface area contributed by atoms with Gasteiger partial charge in [0.05, 0.1) is 23.3 Å². The fourth-order valence-corrected chi connectivity index (χ4v) is 3.42. The first-order valence-electron chi connectivity index (χ1n) is 8.44. The van der Waals surface area contributed by atoms with Gasteiger partial charge in [0.25, 0.3) is 0 Å². The number of pyridine rings is 1. The molecule has 1 fully saturated rings. The zero-order valence-corrected chi connectivity index (χ0v) is 13.9. The van der Waals surface area contributed by atoms with Crippen LogP contribution in [0, 0.1) is 0 Å². The van der Waals surface area contributed by atoms with Crippen LogP contribution in [0.1, 0.15) is 0 Å². The van der Waals surface area contributed by atoms with Crippen molar-refractivity contribution in [1.29, 1.82) is 0 Å². The quantitative estimate of drug-likeness (QED) is 0.437. The molecule has 3 aromatic rings. The van der Waals surface area contributed by atoms with Crippen LogP contribution in [0.4, 0.5) is 5.69 Å². The molecule has 0 aliphatic carbocycles. The average molecular weight is 356 g/mol. The predicted octanol–water partition coefficient (Wildman–Crippen LogP) is 0.600. The van der Waals surface area contributed by atoms with Gasteiger partial charge in [-0.2, -0.15) is 0 Å². The van der Waals surface area contributed by atoms with Gasteiger partial charge in [-0.25, -0.2) is 4.98 Å². The van der Waals surface area contributed by atoms with Gasteiger partial charge in [0.15, 0.2) is 6.29 Å². The maximum Gasteiger partial charge on any atom is 0.178 e. The van der Waals surface area contributed by atoms with Gasteiger partial charge in [0, 0.05) is 10.8 Å². The minimum Gasteiger partial charge on any atom is -0.394 e. The third kappa shape index (κ3) is 2.80. The van der Waals surface area contributed by atoms with Crippen LogP contribution < -0.4 is 5.32 Å². The van der Waals surface area contributed by atoms with Gasteiger partial charge in [-0.3, -0.25) is 0 Å². The SMILES string of the molecule is OC[C@@H]1O[C@H](O)[C@H](Nc2c3ccccc3nc3ccccc23)[C@@H](O)[C@@H]1O. The first-order valence-corrected chi connectivity index (χ1v) is 8.44. The highest BCUT2D eigenvalue weighted by Gasteiger charge is 2.43. The molecule has 4 rings (SSSR count). The van der Waals surface area contributed by atoms with Gasteiger partial charge >= 0.3 is 0 Å². The second kappa shape index (κ2) is 6.79. The topological polar surface area (TPSA) is 115 Å². The summed E-state index contributed by atoms with van der Waals surface area (Å²) in [5.41, 5.74) is 2.22. The van der Waals surface area contributed by atoms with Crippen LogP contribution in [0.15, 0.2) is 48.5 Å². The Morgan fingerprint density at radius 1 is 0.885 bits per heavy atom. The Kier molecular flexibility index (Phi) is 4.47. The Hall–Kier alpha value is -2.29. The molecule has 7 heteroatoms. The van der Waals surface area contributed by atoms with E-state index in [4.69, 9.17) is 4.74 Å². The smallest absolute Gasteiger partial charge is 0.178 e. The fraction of sp³-hybridized carbons (Fsp3) is 0.316. The van der Waals surface area contributed by atoms with Crippen molar-refractivity contribution in [3.05, 3.63) is 48.5 Å². The zero-order valence-electron chi connectivity index (χ0n) is 13.9. The van der Waals surface area contributed by atoms with Crippen LogP contribution in [-0.2, 0) is 4.74 Å². The molecule has 5 N–H and O–H groups in total. The van der Waals surface area contributed by atoms with Crippen LogP contribution in [0.2, 0.25) is 0 Å². The summed E-state index contributed by atoms with van der Waals surface area (Å²) in [7, 11) is 0. The third-order valence-corrected chi connectivity index (χ3v) is 4.80. The van der Waals surface area contributed by atoms with Gasteiger partial charge < -0.3 is 30.5 Å². The molecule has 1 saturated heterocycles. The summed E-state index contributed by atoms with van der Waals surface area (Å²) in [5, 5.41) is 44.9. The Labute approximate surface area is 149 Å². The number of ether oxygens (including phenoxy) is 1. The van der Waals surface area contributed by atoms with Crippen LogP contribution in [0.5, 0.6) is 0 Å². The highest BCUT2D eigenvalue weighted by Crippen LogP contribution is 2.33. The molecule has 0 spiro atoms. The van der Waals surface area contributed by atoms with Crippen LogP contribution in [-0.4, -0.2) is 62.7 Å². The normalized spacial score (nSPS) is 29.2. The number of fused-ring (bicyclic) bond motifs is 2. The summed E-state index contributed by atoms with van der Waals surface area (Å²) >= 11 is 0. The lowest BCUT2D eigenvalue weighted by atomic mass is 9.96. The third-order valence-electron chi connectivity index (χ3n) is 4.80. The van der Waals surface area contributed by atoms with Crippen molar-refractivity contribution in [3.63, 3.8) is 0 Å². The molecule has 1 aliphatic rings.